The highest BCUT2D eigenvalue weighted by molar-refractivity contribution is 6.51. The lowest BCUT2D eigenvalue weighted by molar-refractivity contribution is -0.132. The van der Waals surface area contributed by atoms with Gasteiger partial charge in [0.1, 0.15) is 23.0 Å². The number of halogens is 1. The number of anilines is 1. The fraction of sp³-hybridized carbons (Fsp3) is 0.185. The maximum Gasteiger partial charge on any atom is 0.300 e. The van der Waals surface area contributed by atoms with Crippen molar-refractivity contribution in [3.63, 3.8) is 0 Å². The zero-order valence-electron chi connectivity index (χ0n) is 19.7. The molecule has 1 N–H and O–H groups in total. The SMILES string of the molecule is COc1ccc(C2/C(=C(\O)c3cc(Cl)c(OC)cc3OC)C(=O)C(=O)N2c2ccc(C)cc2)cc1. The fourth-order valence-corrected chi connectivity index (χ4v) is 4.34. The molecule has 1 aliphatic heterocycles. The van der Waals surface area contributed by atoms with Gasteiger partial charge in [-0.1, -0.05) is 41.4 Å². The van der Waals surface area contributed by atoms with Crippen molar-refractivity contribution in [2.75, 3.05) is 26.2 Å². The van der Waals surface area contributed by atoms with Gasteiger partial charge in [0.15, 0.2) is 0 Å². The normalized spacial score (nSPS) is 16.9. The number of carbonyl (C=O) groups excluding carboxylic acids is 2. The van der Waals surface area contributed by atoms with Crippen LogP contribution in [0.15, 0.2) is 66.2 Å². The number of ether oxygens (including phenoxy) is 3. The Morgan fingerprint density at radius 2 is 1.51 bits per heavy atom. The molecule has 7 nitrogen and oxygen atoms in total. The highest BCUT2D eigenvalue weighted by Gasteiger charge is 2.47. The number of aliphatic hydroxyl groups excluding tert-OH is 1. The van der Waals surface area contributed by atoms with Crippen LogP contribution in [0.1, 0.15) is 22.7 Å². The number of amides is 1. The van der Waals surface area contributed by atoms with Crippen LogP contribution in [0.4, 0.5) is 5.69 Å². The van der Waals surface area contributed by atoms with E-state index in [0.717, 1.165) is 5.56 Å². The minimum Gasteiger partial charge on any atom is -0.507 e. The second kappa shape index (κ2) is 9.72. The summed E-state index contributed by atoms with van der Waals surface area (Å²) in [5, 5.41) is 11.6. The van der Waals surface area contributed by atoms with Gasteiger partial charge in [-0.25, -0.2) is 0 Å². The molecule has 1 amide bonds. The zero-order valence-corrected chi connectivity index (χ0v) is 20.4. The van der Waals surface area contributed by atoms with Crippen LogP contribution < -0.4 is 19.1 Å². The van der Waals surface area contributed by atoms with E-state index in [1.807, 2.05) is 19.1 Å². The third kappa shape index (κ3) is 4.31. The van der Waals surface area contributed by atoms with Gasteiger partial charge in [0.05, 0.1) is 43.5 Å². The maximum absolute atomic E-state index is 13.4. The lowest BCUT2D eigenvalue weighted by atomic mass is 9.94. The minimum absolute atomic E-state index is 0.0831. The van der Waals surface area contributed by atoms with Crippen LogP contribution in [0.5, 0.6) is 17.2 Å². The van der Waals surface area contributed by atoms with E-state index >= 15 is 0 Å². The summed E-state index contributed by atoms with van der Waals surface area (Å²) in [5.41, 5.74) is 2.23. The summed E-state index contributed by atoms with van der Waals surface area (Å²) in [6.07, 6.45) is 0. The van der Waals surface area contributed by atoms with Crippen molar-refractivity contribution < 1.29 is 28.9 Å². The van der Waals surface area contributed by atoms with Crippen molar-refractivity contribution in [3.8, 4) is 17.2 Å². The Bertz CT molecular complexity index is 1310. The average molecular weight is 494 g/mol. The molecule has 35 heavy (non-hydrogen) atoms. The van der Waals surface area contributed by atoms with Crippen LogP contribution in [0.2, 0.25) is 5.02 Å². The Labute approximate surface area is 208 Å². The molecule has 0 radical (unpaired) electrons. The number of aryl methyl sites for hydroxylation is 1. The van der Waals surface area contributed by atoms with Crippen molar-refractivity contribution in [2.24, 2.45) is 0 Å². The number of rotatable bonds is 6. The summed E-state index contributed by atoms with van der Waals surface area (Å²) < 4.78 is 15.9. The van der Waals surface area contributed by atoms with Crippen LogP contribution in [-0.2, 0) is 9.59 Å². The molecule has 1 heterocycles. The molecule has 3 aromatic rings. The quantitative estimate of drug-likeness (QED) is 0.285. The van der Waals surface area contributed by atoms with Gasteiger partial charge in [-0.15, -0.1) is 0 Å². The van der Waals surface area contributed by atoms with E-state index in [4.69, 9.17) is 25.8 Å². The first kappa shape index (κ1) is 24.2. The van der Waals surface area contributed by atoms with Crippen molar-refractivity contribution >= 4 is 34.7 Å². The Morgan fingerprint density at radius 3 is 2.09 bits per heavy atom. The molecule has 0 saturated carbocycles. The first-order valence-corrected chi connectivity index (χ1v) is 11.1. The molecule has 0 aliphatic carbocycles. The van der Waals surface area contributed by atoms with Crippen LogP contribution >= 0.6 is 11.6 Å². The zero-order chi connectivity index (χ0) is 25.3. The highest BCUT2D eigenvalue weighted by atomic mass is 35.5. The first-order chi connectivity index (χ1) is 16.8. The third-order valence-electron chi connectivity index (χ3n) is 5.92. The van der Waals surface area contributed by atoms with E-state index in [1.54, 1.807) is 43.5 Å². The van der Waals surface area contributed by atoms with Gasteiger partial charge in [-0.05, 0) is 42.8 Å². The molecule has 8 heteroatoms. The van der Waals surface area contributed by atoms with E-state index < -0.39 is 23.5 Å². The summed E-state index contributed by atoms with van der Waals surface area (Å²) in [7, 11) is 4.43. The number of ketones is 1. The van der Waals surface area contributed by atoms with Gasteiger partial charge in [0, 0.05) is 11.8 Å². The molecule has 1 atom stereocenters. The standard InChI is InChI=1S/C27H24ClNO6/c1-15-5-9-17(10-6-15)29-24(16-7-11-18(33-2)12-8-16)23(26(31)27(29)32)25(30)19-13-20(28)22(35-4)14-21(19)34-3/h5-14,24,30H,1-4H3/b25-23+. The molecule has 180 valence electrons. The summed E-state index contributed by atoms with van der Waals surface area (Å²) in [4.78, 5) is 28.0. The van der Waals surface area contributed by atoms with Crippen LogP contribution in [0.3, 0.4) is 0 Å². The molecular weight excluding hydrogens is 470 g/mol. The van der Waals surface area contributed by atoms with E-state index in [0.29, 0.717) is 22.7 Å². The van der Waals surface area contributed by atoms with Gasteiger partial charge in [0.25, 0.3) is 11.7 Å². The highest BCUT2D eigenvalue weighted by Crippen LogP contribution is 2.45. The number of Topliss-reactive ketones (excluding diaryl/α,β-unsaturated/α-hetero) is 1. The number of benzene rings is 3. The summed E-state index contributed by atoms with van der Waals surface area (Å²) in [5.74, 6) is -0.789. The monoisotopic (exact) mass is 493 g/mol. The molecule has 0 bridgehead atoms. The number of nitrogens with zero attached hydrogens (tertiary/aromatic N) is 1. The fourth-order valence-electron chi connectivity index (χ4n) is 4.10. The van der Waals surface area contributed by atoms with E-state index in [9.17, 15) is 14.7 Å². The summed E-state index contributed by atoms with van der Waals surface area (Å²) in [6, 6.07) is 16.3. The molecule has 1 saturated heterocycles. The maximum atomic E-state index is 13.4. The van der Waals surface area contributed by atoms with Crippen molar-refractivity contribution in [2.45, 2.75) is 13.0 Å². The van der Waals surface area contributed by atoms with E-state index in [2.05, 4.69) is 0 Å². The van der Waals surface area contributed by atoms with Crippen molar-refractivity contribution in [1.29, 1.82) is 0 Å². The Hall–Kier alpha value is -3.97. The number of hydrogen-bond donors (Lipinski definition) is 1. The summed E-state index contributed by atoms with van der Waals surface area (Å²) >= 11 is 6.31. The molecule has 1 fully saturated rings. The Kier molecular flexibility index (Phi) is 6.71. The van der Waals surface area contributed by atoms with Crippen LogP contribution in [0, 0.1) is 6.92 Å². The van der Waals surface area contributed by atoms with Gasteiger partial charge in [0.2, 0.25) is 0 Å². The number of carbonyl (C=O) groups is 2. The van der Waals surface area contributed by atoms with E-state index in [-0.39, 0.29) is 21.9 Å². The topological polar surface area (TPSA) is 85.3 Å². The Balaban J connectivity index is 1.97. The summed E-state index contributed by atoms with van der Waals surface area (Å²) in [6.45, 7) is 1.93. The average Bonchev–Trinajstić information content (AvgIpc) is 3.14. The molecule has 0 aromatic heterocycles. The van der Waals surface area contributed by atoms with Crippen molar-refractivity contribution in [3.05, 3.63) is 87.9 Å². The minimum atomic E-state index is -0.894. The number of methoxy groups -OCH3 is 3. The van der Waals surface area contributed by atoms with Gasteiger partial charge < -0.3 is 19.3 Å². The first-order valence-electron chi connectivity index (χ1n) is 10.7. The predicted molar refractivity (Wildman–Crippen MR) is 134 cm³/mol. The van der Waals surface area contributed by atoms with Gasteiger partial charge in [-0.3, -0.25) is 14.5 Å². The van der Waals surface area contributed by atoms with Crippen molar-refractivity contribution in [1.82, 2.24) is 0 Å². The predicted octanol–water partition coefficient (Wildman–Crippen LogP) is 5.30. The van der Waals surface area contributed by atoms with Gasteiger partial charge in [-0.2, -0.15) is 0 Å². The third-order valence-corrected chi connectivity index (χ3v) is 6.21. The molecule has 3 aromatic carbocycles. The lowest BCUT2D eigenvalue weighted by Gasteiger charge is -2.26. The number of aliphatic hydroxyl groups is 1. The van der Waals surface area contributed by atoms with Crippen LogP contribution in [0.25, 0.3) is 5.76 Å². The molecule has 1 aliphatic rings. The molecular formula is C27H24ClNO6. The largest absolute Gasteiger partial charge is 0.507 e. The molecule has 4 rings (SSSR count). The van der Waals surface area contributed by atoms with Gasteiger partial charge >= 0.3 is 0 Å². The lowest BCUT2D eigenvalue weighted by Crippen LogP contribution is -2.29. The smallest absolute Gasteiger partial charge is 0.300 e. The Morgan fingerprint density at radius 1 is 0.886 bits per heavy atom. The second-order valence-corrected chi connectivity index (χ2v) is 8.37. The van der Waals surface area contributed by atoms with E-state index in [1.165, 1.54) is 31.3 Å². The molecule has 0 spiro atoms. The van der Waals surface area contributed by atoms with Crippen LogP contribution in [-0.4, -0.2) is 38.1 Å². The second-order valence-electron chi connectivity index (χ2n) is 7.96. The number of hydrogen-bond acceptors (Lipinski definition) is 6. The molecule has 1 unspecified atom stereocenters.